The predicted molar refractivity (Wildman–Crippen MR) is 585 cm³/mol. The van der Waals surface area contributed by atoms with E-state index >= 15 is 0 Å². The van der Waals surface area contributed by atoms with Crippen molar-refractivity contribution in [3.05, 3.63) is 516 Å². The minimum Gasteiger partial charge on any atom is -0.456 e. The van der Waals surface area contributed by atoms with E-state index in [0.29, 0.717) is 0 Å². The number of anilines is 9. The number of rotatable bonds is 16. The first-order chi connectivity index (χ1) is 69.8. The van der Waals surface area contributed by atoms with Gasteiger partial charge in [-0.2, -0.15) is 0 Å². The highest BCUT2D eigenvalue weighted by atomic mass is 16.3. The van der Waals surface area contributed by atoms with Gasteiger partial charge in [-0.15, -0.1) is 0 Å². The van der Waals surface area contributed by atoms with Gasteiger partial charge in [-0.05, 0) is 272 Å². The number of para-hydroxylation sites is 6. The standard InChI is InChI=1S/C48H31NO2.2C42H27NO2/c1-3-9-32(10-4-1)34-15-21-38(22-16-34)49(39-23-17-35(18-24-39)37-19-26-42-41-13-7-8-14-45(41)51-48(42)30-37)40-25-28-47-44(31-40)43-29-36(20-27-46(43)50-47)33-11-5-2-6-12-33;1-2-9-28(10-3-1)29-17-22-32(23-18-29)43(38-14-8-13-37-35-12-5-7-16-40(35)45-42(37)38)33-24-19-30(20-25-33)31-21-26-36-34-11-4-6-15-39(34)44-41(36)27-31;1-2-8-28(9-3-1)29-14-19-32(20-15-29)43(34-23-25-41-38(27-34)36-11-5-7-13-40(36)44-41)33-21-16-30(17-22-33)31-18-24-37-35-10-4-6-12-39(35)45-42(37)26-31/h1-31H;2*1-27H. The van der Waals surface area contributed by atoms with Crippen LogP contribution in [0.25, 0.3) is 210 Å². The molecule has 664 valence electrons. The quantitative estimate of drug-likeness (QED) is 0.0938. The van der Waals surface area contributed by atoms with Crippen molar-refractivity contribution in [2.75, 3.05) is 14.7 Å². The van der Waals surface area contributed by atoms with Crippen molar-refractivity contribution in [1.29, 1.82) is 0 Å². The molecule has 0 saturated carbocycles. The SMILES string of the molecule is c1ccc(-c2ccc(N(c3ccc(-c4ccc5c(c4)oc4ccccc45)cc3)c3ccc4oc5ccc(-c6ccccc6)cc5c4c3)cc2)cc1.c1ccc(-c2ccc(N(c3ccc(-c4ccc5c(c4)oc4ccccc45)cc3)c3ccc4oc5ccccc5c4c3)cc2)cc1.c1ccc(-c2ccc(N(c3ccc(-c4ccc5c(c4)oc4ccccc45)cc3)c3cccc4c3oc3ccccc34)cc2)cc1. The Labute approximate surface area is 812 Å². The zero-order valence-electron chi connectivity index (χ0n) is 76.4. The molecular formula is C132H85N3O6. The molecule has 0 bridgehead atoms. The first-order valence-electron chi connectivity index (χ1n) is 47.6. The molecule has 0 N–H and O–H groups in total. The van der Waals surface area contributed by atoms with Crippen molar-refractivity contribution in [3.8, 4) is 77.9 Å². The molecule has 0 fully saturated rings. The molecule has 28 rings (SSSR count). The van der Waals surface area contributed by atoms with Crippen LogP contribution in [0.15, 0.2) is 542 Å². The number of hydrogen-bond donors (Lipinski definition) is 0. The third-order valence-corrected chi connectivity index (χ3v) is 27.3. The van der Waals surface area contributed by atoms with Crippen molar-refractivity contribution in [2.45, 2.75) is 0 Å². The Kier molecular flexibility index (Phi) is 20.7. The second-order valence-electron chi connectivity index (χ2n) is 35.7. The van der Waals surface area contributed by atoms with Crippen LogP contribution in [0, 0.1) is 0 Å². The van der Waals surface area contributed by atoms with Gasteiger partial charge in [0.25, 0.3) is 0 Å². The Morgan fingerprint density at radius 3 is 0.660 bits per heavy atom. The molecule has 0 aliphatic rings. The van der Waals surface area contributed by atoms with Gasteiger partial charge < -0.3 is 41.2 Å². The van der Waals surface area contributed by atoms with Crippen molar-refractivity contribution in [2.24, 2.45) is 0 Å². The molecule has 0 amide bonds. The van der Waals surface area contributed by atoms with Crippen LogP contribution in [-0.2, 0) is 0 Å². The van der Waals surface area contributed by atoms with E-state index in [9.17, 15) is 0 Å². The molecular weight excluding hydrogens is 1720 g/mol. The van der Waals surface area contributed by atoms with E-state index < -0.39 is 0 Å². The van der Waals surface area contributed by atoms with Crippen LogP contribution in [0.2, 0.25) is 0 Å². The summed E-state index contributed by atoms with van der Waals surface area (Å²) < 4.78 is 37.6. The lowest BCUT2D eigenvalue weighted by atomic mass is 10.0. The summed E-state index contributed by atoms with van der Waals surface area (Å²) in [7, 11) is 0. The van der Waals surface area contributed by atoms with E-state index in [1.54, 1.807) is 0 Å². The van der Waals surface area contributed by atoms with Crippen molar-refractivity contribution in [3.63, 3.8) is 0 Å². The highest BCUT2D eigenvalue weighted by molar-refractivity contribution is 6.14. The highest BCUT2D eigenvalue weighted by Gasteiger charge is 2.25. The molecule has 6 aromatic heterocycles. The first kappa shape index (κ1) is 82.7. The summed E-state index contributed by atoms with van der Waals surface area (Å²) in [6.45, 7) is 0. The van der Waals surface area contributed by atoms with E-state index in [1.165, 1.54) is 44.5 Å². The van der Waals surface area contributed by atoms with Gasteiger partial charge >= 0.3 is 0 Å². The lowest BCUT2D eigenvalue weighted by Crippen LogP contribution is -2.10. The summed E-state index contributed by atoms with van der Waals surface area (Å²) in [6, 6.07) is 181. The monoisotopic (exact) mass is 1810 g/mol. The average Bonchev–Trinajstić information content (AvgIpc) is 1.65. The third kappa shape index (κ3) is 15.6. The summed E-state index contributed by atoms with van der Waals surface area (Å²) >= 11 is 0. The second kappa shape index (κ2) is 35.4. The van der Waals surface area contributed by atoms with Crippen molar-refractivity contribution >= 4 is 183 Å². The number of hydrogen-bond acceptors (Lipinski definition) is 9. The Balaban J connectivity index is 0.000000109. The van der Waals surface area contributed by atoms with Gasteiger partial charge in [0.2, 0.25) is 0 Å². The van der Waals surface area contributed by atoms with Gasteiger partial charge in [-0.3, -0.25) is 0 Å². The van der Waals surface area contributed by atoms with Crippen LogP contribution in [-0.4, -0.2) is 0 Å². The summed E-state index contributed by atoms with van der Waals surface area (Å²) in [6.07, 6.45) is 0. The van der Waals surface area contributed by atoms with E-state index in [4.69, 9.17) is 26.5 Å². The van der Waals surface area contributed by atoms with Crippen LogP contribution in [0.4, 0.5) is 51.2 Å². The maximum Gasteiger partial charge on any atom is 0.159 e. The van der Waals surface area contributed by atoms with Crippen LogP contribution in [0.1, 0.15) is 0 Å². The number of benzene rings is 22. The topological polar surface area (TPSA) is 88.6 Å². The van der Waals surface area contributed by atoms with E-state index in [2.05, 4.69) is 451 Å². The van der Waals surface area contributed by atoms with Crippen molar-refractivity contribution < 1.29 is 26.5 Å². The van der Waals surface area contributed by atoms with Crippen LogP contribution in [0.5, 0.6) is 0 Å². The van der Waals surface area contributed by atoms with Gasteiger partial charge in [0, 0.05) is 110 Å². The summed E-state index contributed by atoms with van der Waals surface area (Å²) in [5.74, 6) is 0. The second-order valence-corrected chi connectivity index (χ2v) is 35.7. The molecule has 0 saturated heterocycles. The summed E-state index contributed by atoms with van der Waals surface area (Å²) in [5.41, 5.74) is 36.5. The Bertz CT molecular complexity index is 9510. The fourth-order valence-electron chi connectivity index (χ4n) is 20.2. The molecule has 141 heavy (non-hydrogen) atoms. The number of furan rings is 6. The maximum atomic E-state index is 6.51. The molecule has 9 heteroatoms. The molecule has 0 spiro atoms. The Hall–Kier alpha value is -19.0. The average molecular weight is 1810 g/mol. The van der Waals surface area contributed by atoms with Crippen molar-refractivity contribution in [1.82, 2.24) is 0 Å². The van der Waals surface area contributed by atoms with E-state index in [-0.39, 0.29) is 0 Å². The van der Waals surface area contributed by atoms with Gasteiger partial charge in [0.1, 0.15) is 61.4 Å². The highest BCUT2D eigenvalue weighted by Crippen LogP contribution is 2.48. The van der Waals surface area contributed by atoms with E-state index in [0.717, 1.165) is 216 Å². The zero-order valence-corrected chi connectivity index (χ0v) is 76.4. The number of fused-ring (bicyclic) bond motifs is 18. The first-order valence-corrected chi connectivity index (χ1v) is 47.6. The van der Waals surface area contributed by atoms with E-state index in [1.807, 2.05) is 78.9 Å². The van der Waals surface area contributed by atoms with Crippen LogP contribution >= 0.6 is 0 Å². The lowest BCUT2D eigenvalue weighted by Gasteiger charge is -2.26. The molecule has 9 nitrogen and oxygen atoms in total. The Morgan fingerprint density at radius 1 is 0.106 bits per heavy atom. The van der Waals surface area contributed by atoms with Crippen LogP contribution in [0.3, 0.4) is 0 Å². The molecule has 0 atom stereocenters. The molecule has 28 aromatic rings. The zero-order chi connectivity index (χ0) is 93.2. The molecule has 0 aliphatic heterocycles. The number of nitrogens with zero attached hydrogens (tertiary/aromatic N) is 3. The lowest BCUT2D eigenvalue weighted by molar-refractivity contribution is 0.668. The van der Waals surface area contributed by atoms with Crippen LogP contribution < -0.4 is 14.7 Å². The predicted octanol–water partition coefficient (Wildman–Crippen LogP) is 38.5. The van der Waals surface area contributed by atoms with Gasteiger partial charge in [0.15, 0.2) is 5.58 Å². The smallest absolute Gasteiger partial charge is 0.159 e. The molecule has 0 unspecified atom stereocenters. The molecule has 0 radical (unpaired) electrons. The molecule has 22 aromatic carbocycles. The fourth-order valence-corrected chi connectivity index (χ4v) is 20.2. The van der Waals surface area contributed by atoms with Gasteiger partial charge in [-0.1, -0.05) is 322 Å². The summed E-state index contributed by atoms with van der Waals surface area (Å²) in [4.78, 5) is 6.91. The van der Waals surface area contributed by atoms with Gasteiger partial charge in [0.05, 0.1) is 5.69 Å². The summed E-state index contributed by atoms with van der Waals surface area (Å²) in [5, 5.41) is 13.5. The Morgan fingerprint density at radius 2 is 0.312 bits per heavy atom. The minimum atomic E-state index is 0.866. The minimum absolute atomic E-state index is 0.866. The molecule has 0 aliphatic carbocycles. The largest absolute Gasteiger partial charge is 0.456 e. The third-order valence-electron chi connectivity index (χ3n) is 27.3. The maximum absolute atomic E-state index is 6.51. The normalized spacial score (nSPS) is 11.5. The molecule has 6 heterocycles. The van der Waals surface area contributed by atoms with Gasteiger partial charge in [-0.25, -0.2) is 0 Å². The fraction of sp³-hybridized carbons (Fsp3) is 0.